The van der Waals surface area contributed by atoms with E-state index in [4.69, 9.17) is 32.7 Å². The molecule has 3 aromatic rings. The Bertz CT molecular complexity index is 1090. The van der Waals surface area contributed by atoms with Gasteiger partial charge in [-0.05, 0) is 53.5 Å². The smallest absolute Gasteiger partial charge is 0.185 e. The molecule has 0 unspecified atom stereocenters. The number of hydrogen-bond acceptors (Lipinski definition) is 3. The van der Waals surface area contributed by atoms with Crippen LogP contribution in [0.15, 0.2) is 66.7 Å². The lowest BCUT2D eigenvalue weighted by molar-refractivity contribution is 0.104. The van der Waals surface area contributed by atoms with Gasteiger partial charge in [0.05, 0.1) is 12.1 Å². The Morgan fingerprint density at radius 1 is 0.968 bits per heavy atom. The van der Waals surface area contributed by atoms with Gasteiger partial charge in [0.15, 0.2) is 5.78 Å². The first-order chi connectivity index (χ1) is 14.9. The molecule has 0 amide bonds. The van der Waals surface area contributed by atoms with Crippen LogP contribution < -0.4 is 9.47 Å². The summed E-state index contributed by atoms with van der Waals surface area (Å²) >= 11 is 12.1. The zero-order chi connectivity index (χ0) is 22.4. The molecule has 0 bridgehead atoms. The van der Waals surface area contributed by atoms with Crippen LogP contribution in [0, 0.1) is 0 Å². The van der Waals surface area contributed by atoms with Crippen molar-refractivity contribution >= 4 is 35.1 Å². The molecule has 0 saturated heterocycles. The minimum absolute atomic E-state index is 0.0446. The van der Waals surface area contributed by atoms with Crippen LogP contribution in [0.5, 0.6) is 11.5 Å². The number of allylic oxidation sites excluding steroid dienone is 1. The lowest BCUT2D eigenvalue weighted by atomic mass is 10.00. The fourth-order valence-corrected chi connectivity index (χ4v) is 3.53. The van der Waals surface area contributed by atoms with Gasteiger partial charge in [-0.25, -0.2) is 0 Å². The van der Waals surface area contributed by atoms with Crippen LogP contribution in [-0.2, 0) is 6.61 Å². The van der Waals surface area contributed by atoms with Gasteiger partial charge in [-0.1, -0.05) is 73.5 Å². The first-order valence-electron chi connectivity index (χ1n) is 9.94. The van der Waals surface area contributed by atoms with E-state index >= 15 is 0 Å². The predicted molar refractivity (Wildman–Crippen MR) is 128 cm³/mol. The van der Waals surface area contributed by atoms with Crippen LogP contribution in [0.4, 0.5) is 0 Å². The highest BCUT2D eigenvalue weighted by atomic mass is 35.5. The number of ether oxygens (including phenoxy) is 2. The molecule has 0 atom stereocenters. The molecule has 0 fully saturated rings. The van der Waals surface area contributed by atoms with Crippen molar-refractivity contribution in [1.29, 1.82) is 0 Å². The molecule has 3 rings (SSSR count). The summed E-state index contributed by atoms with van der Waals surface area (Å²) in [7, 11) is 1.61. The second kappa shape index (κ2) is 10.5. The van der Waals surface area contributed by atoms with Crippen LogP contribution in [0.1, 0.15) is 46.8 Å². The third-order valence-electron chi connectivity index (χ3n) is 4.87. The molecule has 0 N–H and O–H groups in total. The van der Waals surface area contributed by atoms with Gasteiger partial charge in [0, 0.05) is 16.1 Å². The van der Waals surface area contributed by atoms with E-state index in [0.29, 0.717) is 33.0 Å². The Kier molecular flexibility index (Phi) is 7.78. The van der Waals surface area contributed by atoms with Gasteiger partial charge in [0.1, 0.15) is 18.1 Å². The first-order valence-corrected chi connectivity index (χ1v) is 10.7. The number of methoxy groups -OCH3 is 1. The topological polar surface area (TPSA) is 35.5 Å². The fourth-order valence-electron chi connectivity index (χ4n) is 3.06. The molecule has 0 heterocycles. The van der Waals surface area contributed by atoms with E-state index in [2.05, 4.69) is 13.8 Å². The summed E-state index contributed by atoms with van der Waals surface area (Å²) in [5, 5.41) is 0.988. The van der Waals surface area contributed by atoms with Crippen molar-refractivity contribution in [1.82, 2.24) is 0 Å². The molecule has 31 heavy (non-hydrogen) atoms. The summed E-state index contributed by atoms with van der Waals surface area (Å²) in [6.07, 6.45) is 3.36. The van der Waals surface area contributed by atoms with Gasteiger partial charge in [0.25, 0.3) is 0 Å². The summed E-state index contributed by atoms with van der Waals surface area (Å²) in [5.74, 6) is 1.62. The van der Waals surface area contributed by atoms with Gasteiger partial charge in [0.2, 0.25) is 0 Å². The molecule has 0 aliphatic carbocycles. The minimum Gasteiger partial charge on any atom is -0.496 e. The number of benzene rings is 3. The number of rotatable bonds is 8. The van der Waals surface area contributed by atoms with Crippen molar-refractivity contribution in [3.8, 4) is 11.5 Å². The van der Waals surface area contributed by atoms with Crippen LogP contribution in [0.25, 0.3) is 6.08 Å². The van der Waals surface area contributed by atoms with Crippen molar-refractivity contribution in [2.45, 2.75) is 26.4 Å². The van der Waals surface area contributed by atoms with E-state index in [1.165, 1.54) is 5.56 Å². The Labute approximate surface area is 193 Å². The van der Waals surface area contributed by atoms with Crippen molar-refractivity contribution in [3.63, 3.8) is 0 Å². The van der Waals surface area contributed by atoms with Gasteiger partial charge in [-0.2, -0.15) is 0 Å². The normalized spacial score (nSPS) is 11.2. The number of halogens is 2. The highest BCUT2D eigenvalue weighted by molar-refractivity contribution is 6.35. The van der Waals surface area contributed by atoms with Gasteiger partial charge < -0.3 is 9.47 Å². The summed E-state index contributed by atoms with van der Waals surface area (Å²) in [5.41, 5.74) is 3.58. The summed E-state index contributed by atoms with van der Waals surface area (Å²) < 4.78 is 11.3. The summed E-state index contributed by atoms with van der Waals surface area (Å²) in [4.78, 5) is 12.5. The third kappa shape index (κ3) is 6.13. The molecule has 3 aromatic carbocycles. The monoisotopic (exact) mass is 454 g/mol. The van der Waals surface area contributed by atoms with Crippen molar-refractivity contribution in [2.75, 3.05) is 7.11 Å². The van der Waals surface area contributed by atoms with Crippen LogP contribution in [0.3, 0.4) is 0 Å². The Morgan fingerprint density at radius 3 is 2.32 bits per heavy atom. The molecule has 0 aromatic heterocycles. The average molecular weight is 455 g/mol. The average Bonchev–Trinajstić information content (AvgIpc) is 2.77. The molecular formula is C26H24Cl2O3. The van der Waals surface area contributed by atoms with E-state index in [1.807, 2.05) is 42.5 Å². The molecule has 160 valence electrons. The number of carbonyl (C=O) groups excluding carboxylic acids is 1. The number of ketones is 1. The van der Waals surface area contributed by atoms with E-state index < -0.39 is 0 Å². The molecule has 3 nitrogen and oxygen atoms in total. The Morgan fingerprint density at radius 2 is 1.68 bits per heavy atom. The largest absolute Gasteiger partial charge is 0.496 e. The van der Waals surface area contributed by atoms with E-state index in [-0.39, 0.29) is 12.4 Å². The first kappa shape index (κ1) is 22.9. The predicted octanol–water partition coefficient (Wildman–Crippen LogP) is 7.60. The fraction of sp³-hybridized carbons (Fsp3) is 0.192. The standard InChI is InChI=1S/C26H24Cl2O3/c1-17(2)19-6-8-20(9-7-19)24(29)11-4-18-5-12-25(30-3)21(14-18)16-31-26-13-10-22(27)15-23(26)28/h4-15,17H,16H2,1-3H3/b11-4+. The molecule has 0 aliphatic rings. The van der Waals surface area contributed by atoms with E-state index in [9.17, 15) is 4.79 Å². The summed E-state index contributed by atoms with van der Waals surface area (Å²) in [6, 6.07) is 18.5. The number of hydrogen-bond donors (Lipinski definition) is 0. The van der Waals surface area contributed by atoms with Crippen LogP contribution in [0.2, 0.25) is 10.0 Å². The minimum atomic E-state index is -0.0446. The lowest BCUT2D eigenvalue weighted by Gasteiger charge is -2.12. The summed E-state index contributed by atoms with van der Waals surface area (Å²) in [6.45, 7) is 4.52. The van der Waals surface area contributed by atoms with Gasteiger partial charge >= 0.3 is 0 Å². The van der Waals surface area contributed by atoms with E-state index in [1.54, 1.807) is 37.5 Å². The second-order valence-corrected chi connectivity index (χ2v) is 8.25. The van der Waals surface area contributed by atoms with E-state index in [0.717, 1.165) is 11.1 Å². The zero-order valence-electron chi connectivity index (χ0n) is 17.7. The highest BCUT2D eigenvalue weighted by Gasteiger charge is 2.08. The van der Waals surface area contributed by atoms with Crippen molar-refractivity contribution in [3.05, 3.63) is 99.0 Å². The zero-order valence-corrected chi connectivity index (χ0v) is 19.2. The van der Waals surface area contributed by atoms with Crippen LogP contribution >= 0.6 is 23.2 Å². The Hall–Kier alpha value is -2.75. The molecule has 0 saturated carbocycles. The van der Waals surface area contributed by atoms with Gasteiger partial charge in [-0.3, -0.25) is 4.79 Å². The molecular weight excluding hydrogens is 431 g/mol. The van der Waals surface area contributed by atoms with Gasteiger partial charge in [-0.15, -0.1) is 0 Å². The molecule has 0 radical (unpaired) electrons. The SMILES string of the molecule is COc1ccc(/C=C/C(=O)c2ccc(C(C)C)cc2)cc1COc1ccc(Cl)cc1Cl. The quantitative estimate of drug-likeness (QED) is 0.259. The molecule has 0 spiro atoms. The highest BCUT2D eigenvalue weighted by Crippen LogP contribution is 2.29. The maximum atomic E-state index is 12.5. The maximum absolute atomic E-state index is 12.5. The second-order valence-electron chi connectivity index (χ2n) is 7.41. The molecule has 0 aliphatic heterocycles. The van der Waals surface area contributed by atoms with Crippen LogP contribution in [-0.4, -0.2) is 12.9 Å². The van der Waals surface area contributed by atoms with Crippen molar-refractivity contribution < 1.29 is 14.3 Å². The third-order valence-corrected chi connectivity index (χ3v) is 5.40. The maximum Gasteiger partial charge on any atom is 0.185 e. The molecule has 5 heteroatoms. The Balaban J connectivity index is 1.73. The number of carbonyl (C=O) groups is 1. The lowest BCUT2D eigenvalue weighted by Crippen LogP contribution is -2.00. The van der Waals surface area contributed by atoms with Crippen molar-refractivity contribution in [2.24, 2.45) is 0 Å².